The highest BCUT2D eigenvalue weighted by Gasteiger charge is 2.12. The molecular formula is C15H20Cl2N2. The number of rotatable bonds is 4. The molecule has 2 rings (SSSR count). The highest BCUT2D eigenvalue weighted by Crippen LogP contribution is 2.23. The van der Waals surface area contributed by atoms with Crippen LogP contribution in [0.5, 0.6) is 0 Å². The fourth-order valence-electron chi connectivity index (χ4n) is 2.05. The van der Waals surface area contributed by atoms with E-state index in [9.17, 15) is 0 Å². The van der Waals surface area contributed by atoms with Crippen LogP contribution in [0.3, 0.4) is 0 Å². The molecule has 1 atom stereocenters. The Morgan fingerprint density at radius 3 is 2.11 bits per heavy atom. The summed E-state index contributed by atoms with van der Waals surface area (Å²) < 4.78 is 0. The maximum atomic E-state index is 6.01. The van der Waals surface area contributed by atoms with E-state index in [-0.39, 0.29) is 30.9 Å². The van der Waals surface area contributed by atoms with Crippen LogP contribution in [0.1, 0.15) is 17.2 Å². The lowest BCUT2D eigenvalue weighted by Gasteiger charge is -2.18. The standard InChI is InChI=1S/C15H18N2.2ClH/c1-17-15(11-12-7-3-2-4-8-12)13-9-5-6-10-14(13)16;;/h2-10,15,17H,11,16H2,1H3;2*1H. The number of halogens is 2. The molecule has 0 spiro atoms. The van der Waals surface area contributed by atoms with Crippen LogP contribution in [0.25, 0.3) is 0 Å². The Morgan fingerprint density at radius 2 is 1.53 bits per heavy atom. The Hall–Kier alpha value is -1.22. The van der Waals surface area contributed by atoms with Crippen LogP contribution >= 0.6 is 24.8 Å². The summed E-state index contributed by atoms with van der Waals surface area (Å²) >= 11 is 0. The quantitative estimate of drug-likeness (QED) is 0.846. The molecule has 2 aromatic rings. The molecule has 0 fully saturated rings. The fourth-order valence-corrected chi connectivity index (χ4v) is 2.05. The smallest absolute Gasteiger partial charge is 0.0378 e. The SMILES string of the molecule is CNC(Cc1ccccc1)c1ccccc1N.Cl.Cl. The van der Waals surface area contributed by atoms with Crippen molar-refractivity contribution in [1.82, 2.24) is 5.32 Å². The van der Waals surface area contributed by atoms with Gasteiger partial charge in [-0.2, -0.15) is 0 Å². The summed E-state index contributed by atoms with van der Waals surface area (Å²) in [5.74, 6) is 0. The first-order valence-electron chi connectivity index (χ1n) is 5.87. The Labute approximate surface area is 127 Å². The van der Waals surface area contributed by atoms with Crippen molar-refractivity contribution in [1.29, 1.82) is 0 Å². The molecule has 0 aliphatic heterocycles. The second kappa shape index (κ2) is 8.81. The number of hydrogen-bond donors (Lipinski definition) is 2. The van der Waals surface area contributed by atoms with Gasteiger partial charge in [0.2, 0.25) is 0 Å². The summed E-state index contributed by atoms with van der Waals surface area (Å²) in [6.07, 6.45) is 0.950. The summed E-state index contributed by atoms with van der Waals surface area (Å²) in [7, 11) is 1.97. The zero-order chi connectivity index (χ0) is 12.1. The van der Waals surface area contributed by atoms with Gasteiger partial charge in [0.05, 0.1) is 0 Å². The zero-order valence-electron chi connectivity index (χ0n) is 10.9. The molecule has 0 aliphatic rings. The van der Waals surface area contributed by atoms with Gasteiger partial charge in [-0.05, 0) is 30.7 Å². The molecule has 2 nitrogen and oxygen atoms in total. The van der Waals surface area contributed by atoms with Crippen molar-refractivity contribution in [2.24, 2.45) is 0 Å². The van der Waals surface area contributed by atoms with Crippen LogP contribution in [-0.4, -0.2) is 7.05 Å². The molecular weight excluding hydrogens is 279 g/mol. The van der Waals surface area contributed by atoms with Crippen LogP contribution < -0.4 is 11.1 Å². The molecule has 2 aromatic carbocycles. The van der Waals surface area contributed by atoms with Crippen molar-refractivity contribution in [3.63, 3.8) is 0 Å². The van der Waals surface area contributed by atoms with Crippen molar-refractivity contribution in [2.75, 3.05) is 12.8 Å². The maximum absolute atomic E-state index is 6.01. The molecule has 19 heavy (non-hydrogen) atoms. The van der Waals surface area contributed by atoms with Gasteiger partial charge >= 0.3 is 0 Å². The third-order valence-electron chi connectivity index (χ3n) is 3.00. The topological polar surface area (TPSA) is 38.0 Å². The van der Waals surface area contributed by atoms with Crippen LogP contribution in [0, 0.1) is 0 Å². The first-order valence-corrected chi connectivity index (χ1v) is 5.87. The van der Waals surface area contributed by atoms with Gasteiger partial charge in [-0.3, -0.25) is 0 Å². The van der Waals surface area contributed by atoms with Crippen LogP contribution in [-0.2, 0) is 6.42 Å². The minimum absolute atomic E-state index is 0. The molecule has 1 unspecified atom stereocenters. The maximum Gasteiger partial charge on any atom is 0.0378 e. The number of anilines is 1. The van der Waals surface area contributed by atoms with Gasteiger partial charge in [0.25, 0.3) is 0 Å². The first-order chi connectivity index (χ1) is 8.31. The molecule has 0 radical (unpaired) electrons. The van der Waals surface area contributed by atoms with E-state index in [0.29, 0.717) is 0 Å². The van der Waals surface area contributed by atoms with E-state index in [1.54, 1.807) is 0 Å². The number of benzene rings is 2. The third kappa shape index (κ3) is 4.75. The molecule has 0 bridgehead atoms. The lowest BCUT2D eigenvalue weighted by molar-refractivity contribution is 0.594. The number of nitrogen functional groups attached to an aromatic ring is 1. The van der Waals surface area contributed by atoms with Crippen molar-refractivity contribution < 1.29 is 0 Å². The lowest BCUT2D eigenvalue weighted by Crippen LogP contribution is -2.20. The Morgan fingerprint density at radius 1 is 0.947 bits per heavy atom. The van der Waals surface area contributed by atoms with Gasteiger partial charge in [0, 0.05) is 11.7 Å². The molecule has 0 aliphatic carbocycles. The minimum Gasteiger partial charge on any atom is -0.398 e. The summed E-state index contributed by atoms with van der Waals surface area (Å²) in [6.45, 7) is 0. The van der Waals surface area contributed by atoms with Crippen LogP contribution in [0.4, 0.5) is 5.69 Å². The molecule has 0 saturated heterocycles. The predicted octanol–water partition coefficient (Wildman–Crippen LogP) is 3.62. The van der Waals surface area contributed by atoms with E-state index < -0.39 is 0 Å². The number of nitrogens with two attached hydrogens (primary N) is 1. The number of nitrogens with one attached hydrogen (secondary N) is 1. The predicted molar refractivity (Wildman–Crippen MR) is 87.3 cm³/mol. The number of para-hydroxylation sites is 1. The highest BCUT2D eigenvalue weighted by atomic mass is 35.5. The molecule has 3 N–H and O–H groups in total. The zero-order valence-corrected chi connectivity index (χ0v) is 12.5. The first kappa shape index (κ1) is 17.8. The van der Waals surface area contributed by atoms with Gasteiger partial charge < -0.3 is 11.1 Å². The van der Waals surface area contributed by atoms with E-state index in [4.69, 9.17) is 5.73 Å². The second-order valence-corrected chi connectivity index (χ2v) is 4.16. The van der Waals surface area contributed by atoms with E-state index in [0.717, 1.165) is 12.1 Å². The summed E-state index contributed by atoms with van der Waals surface area (Å²) in [6, 6.07) is 18.7. The van der Waals surface area contributed by atoms with Crippen molar-refractivity contribution in [3.05, 3.63) is 65.7 Å². The molecule has 4 heteroatoms. The summed E-state index contributed by atoms with van der Waals surface area (Å²) in [5, 5.41) is 3.33. The van der Waals surface area contributed by atoms with Gasteiger partial charge in [0.1, 0.15) is 0 Å². The Kier molecular flexibility index (Phi) is 8.24. The van der Waals surface area contributed by atoms with Crippen LogP contribution in [0.2, 0.25) is 0 Å². The minimum atomic E-state index is 0. The van der Waals surface area contributed by atoms with E-state index >= 15 is 0 Å². The van der Waals surface area contributed by atoms with Gasteiger partial charge in [-0.25, -0.2) is 0 Å². The average molecular weight is 299 g/mol. The normalized spacial score (nSPS) is 11.0. The Balaban J connectivity index is 0.00000162. The highest BCUT2D eigenvalue weighted by molar-refractivity contribution is 5.85. The third-order valence-corrected chi connectivity index (χ3v) is 3.00. The number of likely N-dealkylation sites (N-methyl/N-ethyl adjacent to an activating group) is 1. The van der Waals surface area contributed by atoms with Crippen molar-refractivity contribution in [3.8, 4) is 0 Å². The number of hydrogen-bond acceptors (Lipinski definition) is 2. The van der Waals surface area contributed by atoms with E-state index in [1.807, 2.05) is 31.3 Å². The largest absolute Gasteiger partial charge is 0.398 e. The molecule has 0 saturated carbocycles. The fraction of sp³-hybridized carbons (Fsp3) is 0.200. The second-order valence-electron chi connectivity index (χ2n) is 4.16. The van der Waals surface area contributed by atoms with E-state index in [1.165, 1.54) is 11.1 Å². The monoisotopic (exact) mass is 298 g/mol. The van der Waals surface area contributed by atoms with Gasteiger partial charge in [0.15, 0.2) is 0 Å². The van der Waals surface area contributed by atoms with E-state index in [2.05, 4.69) is 35.6 Å². The lowest BCUT2D eigenvalue weighted by atomic mass is 9.98. The van der Waals surface area contributed by atoms with Crippen molar-refractivity contribution in [2.45, 2.75) is 12.5 Å². The molecule has 0 amide bonds. The van der Waals surface area contributed by atoms with Gasteiger partial charge in [-0.15, -0.1) is 24.8 Å². The van der Waals surface area contributed by atoms with Gasteiger partial charge in [-0.1, -0.05) is 48.5 Å². The van der Waals surface area contributed by atoms with Crippen molar-refractivity contribution >= 4 is 30.5 Å². The van der Waals surface area contributed by atoms with Crippen LogP contribution in [0.15, 0.2) is 54.6 Å². The molecule has 0 aromatic heterocycles. The summed E-state index contributed by atoms with van der Waals surface area (Å²) in [5.41, 5.74) is 9.34. The summed E-state index contributed by atoms with van der Waals surface area (Å²) in [4.78, 5) is 0. The average Bonchev–Trinajstić information content (AvgIpc) is 2.38. The Bertz CT molecular complexity index is 475. The molecule has 104 valence electrons. The molecule has 0 heterocycles.